The van der Waals surface area contributed by atoms with Crippen molar-refractivity contribution in [3.8, 4) is 0 Å². The summed E-state index contributed by atoms with van der Waals surface area (Å²) in [5.74, 6) is 0.408. The zero-order chi connectivity index (χ0) is 14.8. The van der Waals surface area contributed by atoms with E-state index < -0.39 is 0 Å². The van der Waals surface area contributed by atoms with Gasteiger partial charge in [0.1, 0.15) is 16.5 Å². The Morgan fingerprint density at radius 2 is 2.10 bits per heavy atom. The molecule has 3 aromatic rings. The summed E-state index contributed by atoms with van der Waals surface area (Å²) in [6.07, 6.45) is 0.936. The fourth-order valence-electron chi connectivity index (χ4n) is 2.08. The summed E-state index contributed by atoms with van der Waals surface area (Å²) in [5, 5.41) is 4.28. The van der Waals surface area contributed by atoms with Gasteiger partial charge in [-0.1, -0.05) is 25.1 Å². The second-order valence-electron chi connectivity index (χ2n) is 4.57. The Bertz CT molecular complexity index is 788. The van der Waals surface area contributed by atoms with E-state index in [1.54, 1.807) is 23.5 Å². The Hall–Kier alpha value is -1.72. The summed E-state index contributed by atoms with van der Waals surface area (Å²) in [4.78, 5) is 10.5. The summed E-state index contributed by atoms with van der Waals surface area (Å²) in [7, 11) is 0. The lowest BCUT2D eigenvalue weighted by atomic mass is 10.2. The molecule has 0 spiro atoms. The van der Waals surface area contributed by atoms with Crippen LogP contribution in [0.15, 0.2) is 30.3 Å². The molecule has 3 rings (SSSR count). The van der Waals surface area contributed by atoms with E-state index in [2.05, 4.69) is 28.3 Å². The number of nitrogens with one attached hydrogen (secondary N) is 1. The number of hydrogen-bond acceptors (Lipinski definition) is 4. The Morgan fingerprint density at radius 3 is 2.86 bits per heavy atom. The van der Waals surface area contributed by atoms with E-state index in [-0.39, 0.29) is 11.1 Å². The maximum absolute atomic E-state index is 13.6. The molecular formula is C15H13ClFN3S. The zero-order valence-corrected chi connectivity index (χ0v) is 12.9. The summed E-state index contributed by atoms with van der Waals surface area (Å²) >= 11 is 7.56. The second-order valence-corrected chi connectivity index (χ2v) is 6.02. The smallest absolute Gasteiger partial charge is 0.225 e. The minimum atomic E-state index is -0.235. The van der Waals surface area contributed by atoms with Crippen LogP contribution >= 0.6 is 22.9 Å². The lowest BCUT2D eigenvalue weighted by Gasteiger charge is -2.07. The molecule has 0 aliphatic rings. The molecule has 0 radical (unpaired) electrons. The third kappa shape index (κ3) is 2.99. The molecule has 0 aliphatic heterocycles. The number of fused-ring (bicyclic) bond motifs is 1. The van der Waals surface area contributed by atoms with Crippen molar-refractivity contribution in [1.29, 1.82) is 0 Å². The molecule has 0 saturated carbocycles. The molecule has 2 aromatic heterocycles. The van der Waals surface area contributed by atoms with Gasteiger partial charge in [-0.05, 0) is 30.2 Å². The van der Waals surface area contributed by atoms with Crippen LogP contribution in [0.1, 0.15) is 17.4 Å². The van der Waals surface area contributed by atoms with Gasteiger partial charge in [-0.15, -0.1) is 11.3 Å². The van der Waals surface area contributed by atoms with Crippen LogP contribution in [0.25, 0.3) is 10.2 Å². The molecule has 0 aliphatic carbocycles. The third-order valence-electron chi connectivity index (χ3n) is 3.17. The zero-order valence-electron chi connectivity index (χ0n) is 11.4. The van der Waals surface area contributed by atoms with E-state index >= 15 is 0 Å². The van der Waals surface area contributed by atoms with Gasteiger partial charge in [0.2, 0.25) is 5.28 Å². The molecule has 0 fully saturated rings. The number of nitrogens with zero attached hydrogens (tertiary/aromatic N) is 2. The number of halogens is 2. The maximum Gasteiger partial charge on any atom is 0.225 e. The monoisotopic (exact) mass is 321 g/mol. The van der Waals surface area contributed by atoms with E-state index in [0.29, 0.717) is 17.9 Å². The number of rotatable bonds is 4. The summed E-state index contributed by atoms with van der Waals surface area (Å²) in [6.45, 7) is 2.44. The Balaban J connectivity index is 1.93. The minimum Gasteiger partial charge on any atom is -0.365 e. The predicted octanol–water partition coefficient (Wildman–Crippen LogP) is 4.66. The van der Waals surface area contributed by atoms with Gasteiger partial charge in [-0.2, -0.15) is 0 Å². The SMILES string of the molecule is CCc1cc2c(NCc3ccccc3F)nc(Cl)nc2s1. The lowest BCUT2D eigenvalue weighted by Crippen LogP contribution is -2.04. The first kappa shape index (κ1) is 14.2. The predicted molar refractivity (Wildman–Crippen MR) is 85.5 cm³/mol. The van der Waals surface area contributed by atoms with E-state index in [1.165, 1.54) is 10.9 Å². The van der Waals surface area contributed by atoms with Gasteiger partial charge in [-0.3, -0.25) is 0 Å². The second kappa shape index (κ2) is 5.95. The average Bonchev–Trinajstić information content (AvgIpc) is 2.89. The third-order valence-corrected chi connectivity index (χ3v) is 4.51. The van der Waals surface area contributed by atoms with Crippen LogP contribution in [0.5, 0.6) is 0 Å². The first-order valence-electron chi connectivity index (χ1n) is 6.60. The molecule has 0 unspecified atom stereocenters. The molecule has 3 nitrogen and oxygen atoms in total. The Morgan fingerprint density at radius 1 is 1.29 bits per heavy atom. The molecule has 6 heteroatoms. The van der Waals surface area contributed by atoms with E-state index in [1.807, 2.05) is 6.07 Å². The highest BCUT2D eigenvalue weighted by Crippen LogP contribution is 2.30. The molecular weight excluding hydrogens is 309 g/mol. The highest BCUT2D eigenvalue weighted by Gasteiger charge is 2.11. The van der Waals surface area contributed by atoms with Crippen molar-refractivity contribution >= 4 is 39.0 Å². The van der Waals surface area contributed by atoms with Crippen molar-refractivity contribution in [1.82, 2.24) is 9.97 Å². The maximum atomic E-state index is 13.6. The minimum absolute atomic E-state index is 0.197. The number of thiophene rings is 1. The quantitative estimate of drug-likeness (QED) is 0.710. The van der Waals surface area contributed by atoms with Gasteiger partial charge in [0, 0.05) is 17.0 Å². The van der Waals surface area contributed by atoms with Crippen LogP contribution in [0.3, 0.4) is 0 Å². The number of aryl methyl sites for hydroxylation is 1. The molecule has 0 saturated heterocycles. The van der Waals surface area contributed by atoms with Gasteiger partial charge in [0.05, 0.1) is 5.39 Å². The van der Waals surface area contributed by atoms with Crippen LogP contribution in [-0.4, -0.2) is 9.97 Å². The van der Waals surface area contributed by atoms with Gasteiger partial charge >= 0.3 is 0 Å². The molecule has 0 bridgehead atoms. The Labute approximate surface area is 130 Å². The molecule has 1 N–H and O–H groups in total. The van der Waals surface area contributed by atoms with Crippen LogP contribution in [0.2, 0.25) is 5.28 Å². The van der Waals surface area contributed by atoms with E-state index in [0.717, 1.165) is 16.6 Å². The summed E-state index contributed by atoms with van der Waals surface area (Å²) in [6, 6.07) is 8.72. The van der Waals surface area contributed by atoms with Crippen LogP contribution in [0, 0.1) is 5.82 Å². The molecule has 1 aromatic carbocycles. The number of aromatic nitrogens is 2. The van der Waals surface area contributed by atoms with Crippen molar-refractivity contribution in [2.24, 2.45) is 0 Å². The Kier molecular flexibility index (Phi) is 4.03. The van der Waals surface area contributed by atoms with E-state index in [9.17, 15) is 4.39 Å². The summed E-state index contributed by atoms with van der Waals surface area (Å²) in [5.41, 5.74) is 0.589. The first-order chi connectivity index (χ1) is 10.2. The van der Waals surface area contributed by atoms with Crippen molar-refractivity contribution in [2.75, 3.05) is 5.32 Å². The lowest BCUT2D eigenvalue weighted by molar-refractivity contribution is 0.613. The highest BCUT2D eigenvalue weighted by atomic mass is 35.5. The van der Waals surface area contributed by atoms with Crippen molar-refractivity contribution < 1.29 is 4.39 Å². The largest absolute Gasteiger partial charge is 0.365 e. The van der Waals surface area contributed by atoms with Gasteiger partial charge < -0.3 is 5.32 Å². The van der Waals surface area contributed by atoms with Crippen LogP contribution in [-0.2, 0) is 13.0 Å². The van der Waals surface area contributed by atoms with Gasteiger partial charge in [-0.25, -0.2) is 14.4 Å². The molecule has 0 atom stereocenters. The van der Waals surface area contributed by atoms with Crippen molar-refractivity contribution in [2.45, 2.75) is 19.9 Å². The number of anilines is 1. The van der Waals surface area contributed by atoms with Crippen molar-refractivity contribution in [3.63, 3.8) is 0 Å². The number of hydrogen-bond donors (Lipinski definition) is 1. The topological polar surface area (TPSA) is 37.8 Å². The van der Waals surface area contributed by atoms with Gasteiger partial charge in [0.15, 0.2) is 0 Å². The van der Waals surface area contributed by atoms with Crippen LogP contribution in [0.4, 0.5) is 10.2 Å². The molecule has 2 heterocycles. The highest BCUT2D eigenvalue weighted by molar-refractivity contribution is 7.18. The number of benzene rings is 1. The van der Waals surface area contributed by atoms with Gasteiger partial charge in [0.25, 0.3) is 0 Å². The average molecular weight is 322 g/mol. The summed E-state index contributed by atoms with van der Waals surface area (Å²) < 4.78 is 13.6. The van der Waals surface area contributed by atoms with Crippen LogP contribution < -0.4 is 5.32 Å². The fraction of sp³-hybridized carbons (Fsp3) is 0.200. The first-order valence-corrected chi connectivity index (χ1v) is 7.80. The molecule has 21 heavy (non-hydrogen) atoms. The normalized spacial score (nSPS) is 11.0. The fourth-order valence-corrected chi connectivity index (χ4v) is 3.26. The standard InChI is InChI=1S/C15H13ClFN3S/c1-2-10-7-11-13(19-15(16)20-14(11)21-10)18-8-9-5-3-4-6-12(9)17/h3-7H,2,8H2,1H3,(H,18,19,20). The van der Waals surface area contributed by atoms with E-state index in [4.69, 9.17) is 11.6 Å². The van der Waals surface area contributed by atoms with Crippen molar-refractivity contribution in [3.05, 3.63) is 51.9 Å². The molecule has 108 valence electrons. The molecule has 0 amide bonds.